The monoisotopic (exact) mass is 741 g/mol. The number of nitrogens with zero attached hydrogens (tertiary/aromatic N) is 1. The van der Waals surface area contributed by atoms with Gasteiger partial charge in [0.1, 0.15) is 22.3 Å². The number of hydrogen-bond donors (Lipinski definition) is 0. The van der Waals surface area contributed by atoms with Gasteiger partial charge in [-0.05, 0) is 81.9 Å². The average Bonchev–Trinajstić information content (AvgIpc) is 3.96. The Morgan fingerprint density at radius 1 is 0.362 bits per heavy atom. The lowest BCUT2D eigenvalue weighted by Gasteiger charge is -2.34. The maximum absolute atomic E-state index is 6.48. The van der Waals surface area contributed by atoms with Crippen molar-refractivity contribution in [1.29, 1.82) is 0 Å². The molecule has 0 saturated heterocycles. The van der Waals surface area contributed by atoms with Crippen LogP contribution >= 0.6 is 0 Å². The van der Waals surface area contributed by atoms with Crippen LogP contribution in [0.4, 0.5) is 17.1 Å². The van der Waals surface area contributed by atoms with Gasteiger partial charge in [0.15, 0.2) is 0 Å². The highest BCUT2D eigenvalue weighted by atomic mass is 16.3. The topological polar surface area (TPSA) is 29.5 Å². The second kappa shape index (κ2) is 12.7. The highest BCUT2D eigenvalue weighted by Crippen LogP contribution is 2.59. The molecule has 2 heterocycles. The number of para-hydroxylation sites is 3. The van der Waals surface area contributed by atoms with Gasteiger partial charge >= 0.3 is 0 Å². The van der Waals surface area contributed by atoms with Crippen LogP contribution in [-0.2, 0) is 5.41 Å². The molecule has 1 aliphatic rings. The summed E-state index contributed by atoms with van der Waals surface area (Å²) in [6.07, 6.45) is 0. The van der Waals surface area contributed by atoms with Crippen LogP contribution in [0.15, 0.2) is 221 Å². The molecule has 0 saturated carbocycles. The first-order valence-electron chi connectivity index (χ1n) is 19.8. The van der Waals surface area contributed by atoms with Crippen molar-refractivity contribution in [2.24, 2.45) is 0 Å². The van der Waals surface area contributed by atoms with E-state index in [4.69, 9.17) is 8.83 Å². The Labute approximate surface area is 335 Å². The molecule has 0 atom stereocenters. The van der Waals surface area contributed by atoms with Gasteiger partial charge in [0.2, 0.25) is 0 Å². The van der Waals surface area contributed by atoms with E-state index in [-0.39, 0.29) is 0 Å². The number of rotatable bonds is 6. The van der Waals surface area contributed by atoms with Crippen LogP contribution in [0, 0.1) is 0 Å². The molecule has 0 radical (unpaired) electrons. The number of hydrogen-bond acceptors (Lipinski definition) is 3. The third-order valence-corrected chi connectivity index (χ3v) is 12.2. The van der Waals surface area contributed by atoms with Crippen molar-refractivity contribution in [3.8, 4) is 22.3 Å². The van der Waals surface area contributed by atoms with Gasteiger partial charge in [0, 0.05) is 44.0 Å². The molecule has 3 heteroatoms. The van der Waals surface area contributed by atoms with Crippen LogP contribution in [0.2, 0.25) is 0 Å². The van der Waals surface area contributed by atoms with Gasteiger partial charge in [0.25, 0.3) is 0 Å². The zero-order chi connectivity index (χ0) is 38.2. The van der Waals surface area contributed by atoms with Crippen LogP contribution in [0.3, 0.4) is 0 Å². The number of furan rings is 2. The van der Waals surface area contributed by atoms with Gasteiger partial charge in [-0.25, -0.2) is 0 Å². The van der Waals surface area contributed by atoms with Gasteiger partial charge in [-0.3, -0.25) is 0 Å². The molecule has 2 aromatic heterocycles. The van der Waals surface area contributed by atoms with Crippen LogP contribution < -0.4 is 4.90 Å². The van der Waals surface area contributed by atoms with Gasteiger partial charge in [0.05, 0.1) is 11.1 Å². The lowest BCUT2D eigenvalue weighted by molar-refractivity contribution is 0.669. The van der Waals surface area contributed by atoms with E-state index in [0.29, 0.717) is 0 Å². The molecule has 0 aliphatic heterocycles. The summed E-state index contributed by atoms with van der Waals surface area (Å²) < 4.78 is 12.8. The Balaban J connectivity index is 1.11. The van der Waals surface area contributed by atoms with Crippen molar-refractivity contribution in [2.45, 2.75) is 5.41 Å². The van der Waals surface area contributed by atoms with Gasteiger partial charge < -0.3 is 13.7 Å². The first-order valence-corrected chi connectivity index (χ1v) is 19.8. The van der Waals surface area contributed by atoms with Crippen molar-refractivity contribution in [2.75, 3.05) is 4.90 Å². The Morgan fingerprint density at radius 2 is 0.914 bits per heavy atom. The summed E-state index contributed by atoms with van der Waals surface area (Å²) in [5.74, 6) is 0. The van der Waals surface area contributed by atoms with E-state index in [2.05, 4.69) is 193 Å². The first-order chi connectivity index (χ1) is 28.8. The molecule has 0 bridgehead atoms. The molecule has 9 aromatic carbocycles. The van der Waals surface area contributed by atoms with Gasteiger partial charge in [-0.1, -0.05) is 164 Å². The number of fused-ring (bicyclic) bond motifs is 9. The highest BCUT2D eigenvalue weighted by molar-refractivity contribution is 6.10. The van der Waals surface area contributed by atoms with Crippen molar-refractivity contribution in [3.63, 3.8) is 0 Å². The molecular formula is C55H35NO2. The molecule has 3 nitrogen and oxygen atoms in total. The zero-order valence-electron chi connectivity index (χ0n) is 31.5. The lowest BCUT2D eigenvalue weighted by Crippen LogP contribution is -2.28. The fraction of sp³-hybridized carbons (Fsp3) is 0.0182. The molecule has 0 spiro atoms. The minimum atomic E-state index is -0.518. The Hall–Kier alpha value is -7.62. The van der Waals surface area contributed by atoms with Crippen molar-refractivity contribution < 1.29 is 8.83 Å². The smallest absolute Gasteiger partial charge is 0.143 e. The van der Waals surface area contributed by atoms with Gasteiger partial charge in [-0.15, -0.1) is 0 Å². The predicted molar refractivity (Wildman–Crippen MR) is 238 cm³/mol. The van der Waals surface area contributed by atoms with E-state index in [1.165, 1.54) is 33.4 Å². The molecule has 0 N–H and O–H groups in total. The number of anilines is 3. The van der Waals surface area contributed by atoms with Crippen molar-refractivity contribution in [3.05, 3.63) is 235 Å². The van der Waals surface area contributed by atoms with Crippen LogP contribution in [-0.4, -0.2) is 0 Å². The van der Waals surface area contributed by atoms with E-state index in [1.807, 2.05) is 24.3 Å². The summed E-state index contributed by atoms with van der Waals surface area (Å²) in [7, 11) is 0. The molecule has 12 rings (SSSR count). The largest absolute Gasteiger partial charge is 0.456 e. The summed E-state index contributed by atoms with van der Waals surface area (Å²) >= 11 is 0. The maximum atomic E-state index is 6.48. The Kier molecular flexibility index (Phi) is 7.14. The summed E-state index contributed by atoms with van der Waals surface area (Å²) in [6, 6.07) is 76.3. The fourth-order valence-electron chi connectivity index (χ4n) is 9.71. The summed E-state index contributed by atoms with van der Waals surface area (Å²) in [4.78, 5) is 2.43. The van der Waals surface area contributed by atoms with Crippen molar-refractivity contribution >= 4 is 60.9 Å². The normalized spacial score (nSPS) is 13.0. The summed E-state index contributed by atoms with van der Waals surface area (Å²) in [5, 5.41) is 4.44. The molecule has 0 unspecified atom stereocenters. The lowest BCUT2D eigenvalue weighted by atomic mass is 9.68. The molecule has 11 aromatic rings. The van der Waals surface area contributed by atoms with Crippen molar-refractivity contribution in [1.82, 2.24) is 0 Å². The van der Waals surface area contributed by atoms with E-state index < -0.39 is 5.41 Å². The van der Waals surface area contributed by atoms with Gasteiger partial charge in [-0.2, -0.15) is 0 Å². The molecule has 0 amide bonds. The second-order valence-corrected chi connectivity index (χ2v) is 15.2. The van der Waals surface area contributed by atoms with Crippen LogP contribution in [0.5, 0.6) is 0 Å². The number of benzene rings is 9. The minimum Gasteiger partial charge on any atom is -0.456 e. The second-order valence-electron chi connectivity index (χ2n) is 15.2. The van der Waals surface area contributed by atoms with E-state index in [9.17, 15) is 0 Å². The third kappa shape index (κ3) is 4.68. The third-order valence-electron chi connectivity index (χ3n) is 12.2. The van der Waals surface area contributed by atoms with E-state index in [1.54, 1.807) is 0 Å². The SMILES string of the molecule is c1ccc(C2(c3ccccc3)c3ccccc3-c3c(N(c4ccc(-c5cccc6c5oc5ccccc56)cc4)c4ccc5oc6ccccc6c5c4)cccc32)cc1. The zero-order valence-corrected chi connectivity index (χ0v) is 31.5. The Morgan fingerprint density at radius 3 is 1.67 bits per heavy atom. The molecule has 1 aliphatic carbocycles. The Bertz CT molecular complexity index is 3300. The van der Waals surface area contributed by atoms with E-state index >= 15 is 0 Å². The molecule has 272 valence electrons. The fourth-order valence-corrected chi connectivity index (χ4v) is 9.71. The molecule has 58 heavy (non-hydrogen) atoms. The molecule has 0 fully saturated rings. The summed E-state index contributed by atoms with van der Waals surface area (Å²) in [6.45, 7) is 0. The first kappa shape index (κ1) is 32.6. The van der Waals surface area contributed by atoms with Crippen LogP contribution in [0.1, 0.15) is 22.3 Å². The highest BCUT2D eigenvalue weighted by Gasteiger charge is 2.47. The minimum absolute atomic E-state index is 0.518. The standard InChI is InChI=1S/C55H35NO2/c1-3-15-37(16-4-1)55(38-17-5-2-6-18-38)47-24-10-7-21-45(47)53-48(55)25-14-26-49(53)56(40-33-34-52-46(35-40)43-20-9-11-27-50(43)57-52)39-31-29-36(30-32-39)41-22-13-23-44-42-19-8-12-28-51(42)58-54(41)44/h1-35H. The van der Waals surface area contributed by atoms with Crippen LogP contribution in [0.25, 0.3) is 66.1 Å². The summed E-state index contributed by atoms with van der Waals surface area (Å²) in [5.41, 5.74) is 15.9. The quantitative estimate of drug-likeness (QED) is 0.170. The van der Waals surface area contributed by atoms with E-state index in [0.717, 1.165) is 72.1 Å². The maximum Gasteiger partial charge on any atom is 0.143 e. The molecular weight excluding hydrogens is 707 g/mol. The average molecular weight is 742 g/mol. The predicted octanol–water partition coefficient (Wildman–Crippen LogP) is 15.0.